The van der Waals surface area contributed by atoms with Crippen LogP contribution in [0.5, 0.6) is 5.75 Å². The van der Waals surface area contributed by atoms with E-state index < -0.39 is 48.3 Å². The monoisotopic (exact) mass is 633 g/mol. The number of amides is 2. The average molecular weight is 634 g/mol. The molecule has 13 nitrogen and oxygen atoms in total. The fraction of sp³-hybridized carbons (Fsp3) is 0.552. The highest BCUT2D eigenvalue weighted by molar-refractivity contribution is 5.83. The van der Waals surface area contributed by atoms with Gasteiger partial charge in [0, 0.05) is 25.6 Å². The number of alkyl halides is 3. The lowest BCUT2D eigenvalue weighted by molar-refractivity contribution is -0.138. The van der Waals surface area contributed by atoms with Gasteiger partial charge in [0.1, 0.15) is 29.3 Å². The first-order chi connectivity index (χ1) is 21.5. The van der Waals surface area contributed by atoms with E-state index in [-0.39, 0.29) is 17.6 Å². The molecule has 4 atom stereocenters. The van der Waals surface area contributed by atoms with Gasteiger partial charge in [-0.25, -0.2) is 19.7 Å². The van der Waals surface area contributed by atoms with Gasteiger partial charge in [0.05, 0.1) is 11.9 Å². The van der Waals surface area contributed by atoms with E-state index >= 15 is 0 Å². The summed E-state index contributed by atoms with van der Waals surface area (Å²) in [7, 11) is 0. The Labute approximate surface area is 255 Å². The number of anilines is 1. The molecule has 0 spiro atoms. The largest absolute Gasteiger partial charge is 0.416 e. The number of carbonyl (C=O) groups excluding carboxylic acids is 2. The molecule has 0 radical (unpaired) electrons. The molecule has 3 fully saturated rings. The zero-order valence-corrected chi connectivity index (χ0v) is 24.2. The highest BCUT2D eigenvalue weighted by Crippen LogP contribution is 2.34. The molecule has 16 heteroatoms. The van der Waals surface area contributed by atoms with Crippen molar-refractivity contribution in [1.82, 2.24) is 29.7 Å². The van der Waals surface area contributed by atoms with Crippen LogP contribution in [-0.2, 0) is 22.1 Å². The van der Waals surface area contributed by atoms with E-state index in [0.717, 1.165) is 37.8 Å². The normalized spacial score (nSPS) is 24.2. The van der Waals surface area contributed by atoms with Crippen molar-refractivity contribution < 1.29 is 42.4 Å². The maximum Gasteiger partial charge on any atom is 0.416 e. The number of aryl methyl sites for hydroxylation is 1. The van der Waals surface area contributed by atoms with Gasteiger partial charge in [0.15, 0.2) is 23.8 Å². The molecule has 242 valence electrons. The number of halogens is 3. The summed E-state index contributed by atoms with van der Waals surface area (Å²) >= 11 is 0. The Balaban J connectivity index is 1.02. The number of nitrogen functional groups attached to an aromatic ring is 1. The molecule has 0 bridgehead atoms. The molecule has 5 N–H and O–H groups in total. The molecule has 1 aromatic carbocycles. The van der Waals surface area contributed by atoms with Crippen LogP contribution in [0.2, 0.25) is 0 Å². The van der Waals surface area contributed by atoms with Crippen LogP contribution < -0.4 is 15.8 Å². The second-order valence-corrected chi connectivity index (χ2v) is 11.8. The predicted octanol–water partition coefficient (Wildman–Crippen LogP) is 2.56. The van der Waals surface area contributed by atoms with Crippen LogP contribution in [0, 0.1) is 5.92 Å². The summed E-state index contributed by atoms with van der Waals surface area (Å²) in [6, 6.07) is 4.30. The number of aliphatic hydroxyl groups excluding tert-OH is 2. The van der Waals surface area contributed by atoms with Crippen molar-refractivity contribution in [2.75, 3.05) is 18.8 Å². The second kappa shape index (κ2) is 12.4. The summed E-state index contributed by atoms with van der Waals surface area (Å²) in [6.45, 7) is 0.846. The summed E-state index contributed by atoms with van der Waals surface area (Å²) < 4.78 is 51.3. The van der Waals surface area contributed by atoms with Gasteiger partial charge in [-0.15, -0.1) is 0 Å². The second-order valence-electron chi connectivity index (χ2n) is 11.8. The van der Waals surface area contributed by atoms with Gasteiger partial charge >= 0.3 is 12.3 Å². The molecule has 4 heterocycles. The minimum Gasteiger partial charge on any atom is -0.410 e. The van der Waals surface area contributed by atoms with Gasteiger partial charge in [-0.2, -0.15) is 13.2 Å². The highest BCUT2D eigenvalue weighted by Gasteiger charge is 2.48. The van der Waals surface area contributed by atoms with Gasteiger partial charge in [-0.1, -0.05) is 6.07 Å². The van der Waals surface area contributed by atoms with Gasteiger partial charge in [0.2, 0.25) is 0 Å². The predicted molar refractivity (Wildman–Crippen MR) is 152 cm³/mol. The van der Waals surface area contributed by atoms with Crippen LogP contribution in [0.4, 0.5) is 23.8 Å². The van der Waals surface area contributed by atoms with Crippen LogP contribution in [0.1, 0.15) is 56.1 Å². The third-order valence-corrected chi connectivity index (χ3v) is 8.44. The van der Waals surface area contributed by atoms with Crippen molar-refractivity contribution in [1.29, 1.82) is 0 Å². The first kappa shape index (κ1) is 31.0. The molecule has 2 amide bonds. The van der Waals surface area contributed by atoms with Crippen molar-refractivity contribution in [3.63, 3.8) is 0 Å². The third kappa shape index (κ3) is 6.82. The van der Waals surface area contributed by atoms with Gasteiger partial charge in [0.25, 0.3) is 5.91 Å². The average Bonchev–Trinajstić information content (AvgIpc) is 3.64. The Morgan fingerprint density at radius 2 is 1.87 bits per heavy atom. The van der Waals surface area contributed by atoms with E-state index in [1.54, 1.807) is 0 Å². The summed E-state index contributed by atoms with van der Waals surface area (Å²) in [6.07, 6.45) is -3.81. The number of nitrogens with one attached hydrogen (secondary N) is 1. The molecule has 2 aromatic heterocycles. The van der Waals surface area contributed by atoms with E-state index in [1.807, 2.05) is 0 Å². The maximum atomic E-state index is 13.0. The zero-order chi connectivity index (χ0) is 31.9. The Bertz CT molecular complexity index is 1560. The van der Waals surface area contributed by atoms with Crippen molar-refractivity contribution in [3.8, 4) is 5.75 Å². The summed E-state index contributed by atoms with van der Waals surface area (Å²) in [5.41, 5.74) is 5.89. The van der Waals surface area contributed by atoms with E-state index in [2.05, 4.69) is 20.3 Å². The number of imidazole rings is 1. The number of fused-ring (bicyclic) bond motifs is 1. The molecular formula is C29H34F3N7O6. The molecule has 2 saturated heterocycles. The molecule has 2 aliphatic heterocycles. The molecule has 0 unspecified atom stereocenters. The third-order valence-electron chi connectivity index (χ3n) is 8.44. The fourth-order valence-corrected chi connectivity index (χ4v) is 5.75. The van der Waals surface area contributed by atoms with Crippen LogP contribution in [-0.4, -0.2) is 84.1 Å². The van der Waals surface area contributed by atoms with Crippen LogP contribution in [0.25, 0.3) is 11.2 Å². The first-order valence-corrected chi connectivity index (χ1v) is 14.9. The highest BCUT2D eigenvalue weighted by atomic mass is 19.4. The minimum absolute atomic E-state index is 0.0655. The number of hydrogen-bond acceptors (Lipinski definition) is 10. The standard InChI is InChI=1S/C29H34F3N7O6/c30-29(31,32)16-4-2-5-18(13-16)44-28(43)38-11-9-15(10-12-38)3-1-6-19-36-24(33)20-25(37-19)39(14-34-20)27-22(41)21(40)23(45-27)26(42)35-17-7-8-17/h2,4-5,13-15,17,21-23,27,40-41H,1,3,6-12H2,(H,35,42)(H2,33,36,37)/t21-,22+,23-,27+/m0/s1. The van der Waals surface area contributed by atoms with Crippen molar-refractivity contribution in [2.45, 2.75) is 81.7 Å². The van der Waals surface area contributed by atoms with Crippen molar-refractivity contribution in [2.24, 2.45) is 5.92 Å². The number of nitrogens with zero attached hydrogens (tertiary/aromatic N) is 5. The number of nitrogens with two attached hydrogens (primary N) is 1. The number of aromatic nitrogens is 4. The number of carbonyl (C=O) groups is 2. The lowest BCUT2D eigenvalue weighted by Gasteiger charge is -2.31. The van der Waals surface area contributed by atoms with Crippen LogP contribution >= 0.6 is 0 Å². The molecule has 1 saturated carbocycles. The number of hydrogen-bond donors (Lipinski definition) is 4. The van der Waals surface area contributed by atoms with Gasteiger partial charge in [-0.05, 0) is 62.6 Å². The molecule has 45 heavy (non-hydrogen) atoms. The maximum absolute atomic E-state index is 13.0. The van der Waals surface area contributed by atoms with E-state index in [0.29, 0.717) is 55.3 Å². The number of likely N-dealkylation sites (tertiary alicyclic amines) is 1. The zero-order valence-electron chi connectivity index (χ0n) is 24.2. The summed E-state index contributed by atoms with van der Waals surface area (Å²) in [5.74, 6) is 0.289. The van der Waals surface area contributed by atoms with Crippen molar-refractivity contribution >= 4 is 29.0 Å². The van der Waals surface area contributed by atoms with Gasteiger partial charge in [-0.3, -0.25) is 9.36 Å². The number of rotatable bonds is 8. The van der Waals surface area contributed by atoms with Gasteiger partial charge < -0.3 is 35.6 Å². The minimum atomic E-state index is -4.53. The molecular weight excluding hydrogens is 599 g/mol. The molecule has 6 rings (SSSR count). The SMILES string of the molecule is Nc1nc(CCCC2CCN(C(=O)Oc3cccc(C(F)(F)F)c3)CC2)nc2c1ncn2[C@@H]1O[C@H](C(=O)NC2CC2)[C@@H](O)[C@H]1O. The fourth-order valence-electron chi connectivity index (χ4n) is 5.75. The smallest absolute Gasteiger partial charge is 0.410 e. The number of benzene rings is 1. The Kier molecular flexibility index (Phi) is 8.54. The van der Waals surface area contributed by atoms with Crippen molar-refractivity contribution in [3.05, 3.63) is 42.0 Å². The first-order valence-electron chi connectivity index (χ1n) is 14.9. The quantitative estimate of drug-likeness (QED) is 0.288. The van der Waals surface area contributed by atoms with E-state index in [1.165, 1.54) is 27.9 Å². The van der Waals surface area contributed by atoms with E-state index in [9.17, 15) is 33.0 Å². The summed E-state index contributed by atoms with van der Waals surface area (Å²) in [5, 5.41) is 24.0. The number of aliphatic hydroxyl groups is 2. The Morgan fingerprint density at radius 1 is 1.11 bits per heavy atom. The lowest BCUT2D eigenvalue weighted by Crippen LogP contribution is -2.43. The molecule has 3 aliphatic rings. The number of piperidine rings is 1. The Hall–Kier alpha value is -4.02. The van der Waals surface area contributed by atoms with Crippen LogP contribution in [0.3, 0.4) is 0 Å². The van der Waals surface area contributed by atoms with Crippen LogP contribution in [0.15, 0.2) is 30.6 Å². The Morgan fingerprint density at radius 3 is 2.58 bits per heavy atom. The molecule has 1 aliphatic carbocycles. The van der Waals surface area contributed by atoms with E-state index in [4.69, 9.17) is 15.2 Å². The molecule has 3 aromatic rings. The summed E-state index contributed by atoms with van der Waals surface area (Å²) in [4.78, 5) is 39.8. The topological polar surface area (TPSA) is 178 Å². The lowest BCUT2D eigenvalue weighted by atomic mass is 9.91. The number of ether oxygens (including phenoxy) is 2.